The number of nitrogens with one attached hydrogen (secondary N) is 3. The number of rotatable bonds is 17. The Morgan fingerprint density at radius 1 is 0.765 bits per heavy atom. The standard InChI is InChI=1S/C18H33N9O7/c19-9(3-5-12(20)28)15(32)26-11(4-6-13(21)29)17(34)27-10(2-1-7-24-18(22)23)16(33)25-8-14(30)31/h9-11H,1-8,19H2,(H2,20,28)(H2,21,29)(H,25,33)(H,26,32)(H,27,34)(H,30,31)(H4,22,23,24). The van der Waals surface area contributed by atoms with Crippen molar-refractivity contribution in [2.75, 3.05) is 13.1 Å². The first-order valence-corrected chi connectivity index (χ1v) is 10.3. The van der Waals surface area contributed by atoms with Crippen molar-refractivity contribution in [1.82, 2.24) is 16.0 Å². The number of carbonyl (C=O) groups excluding carboxylic acids is 5. The second kappa shape index (κ2) is 15.8. The van der Waals surface area contributed by atoms with E-state index in [0.717, 1.165) is 0 Å². The fraction of sp³-hybridized carbons (Fsp3) is 0.611. The number of hydrogen-bond donors (Lipinski definition) is 9. The van der Waals surface area contributed by atoms with Gasteiger partial charge >= 0.3 is 5.97 Å². The molecule has 0 aliphatic carbocycles. The number of aliphatic imine (C=N–C) groups is 1. The number of primary amides is 2. The Labute approximate surface area is 195 Å². The fourth-order valence-corrected chi connectivity index (χ4v) is 2.59. The van der Waals surface area contributed by atoms with Gasteiger partial charge in [0.05, 0.1) is 6.04 Å². The monoisotopic (exact) mass is 487 g/mol. The molecule has 3 atom stereocenters. The van der Waals surface area contributed by atoms with E-state index in [2.05, 4.69) is 20.9 Å². The second-order valence-electron chi connectivity index (χ2n) is 7.30. The molecule has 0 saturated heterocycles. The molecule has 3 unspecified atom stereocenters. The minimum absolute atomic E-state index is 0.0303. The van der Waals surface area contributed by atoms with Crippen LogP contribution in [0.1, 0.15) is 38.5 Å². The summed E-state index contributed by atoms with van der Waals surface area (Å²) in [5.41, 5.74) is 26.3. The van der Waals surface area contributed by atoms with Crippen molar-refractivity contribution >= 4 is 41.5 Å². The molecule has 0 spiro atoms. The summed E-state index contributed by atoms with van der Waals surface area (Å²) in [6, 6.07) is -3.66. The molecule has 16 heteroatoms. The van der Waals surface area contributed by atoms with Gasteiger partial charge in [-0.15, -0.1) is 0 Å². The zero-order valence-electron chi connectivity index (χ0n) is 18.6. The molecule has 14 N–H and O–H groups in total. The van der Waals surface area contributed by atoms with Gasteiger partial charge in [-0.1, -0.05) is 0 Å². The average molecular weight is 488 g/mol. The molecule has 0 radical (unpaired) electrons. The van der Waals surface area contributed by atoms with E-state index >= 15 is 0 Å². The largest absolute Gasteiger partial charge is 0.480 e. The molecule has 0 aliphatic rings. The van der Waals surface area contributed by atoms with Gasteiger partial charge in [-0.25, -0.2) is 0 Å². The topological polar surface area (TPSA) is 301 Å². The highest BCUT2D eigenvalue weighted by molar-refractivity contribution is 5.94. The highest BCUT2D eigenvalue weighted by atomic mass is 16.4. The average Bonchev–Trinajstić information content (AvgIpc) is 2.74. The number of nitrogens with zero attached hydrogens (tertiary/aromatic N) is 1. The third-order valence-electron chi connectivity index (χ3n) is 4.34. The van der Waals surface area contributed by atoms with Gasteiger partial charge in [0.25, 0.3) is 0 Å². The van der Waals surface area contributed by atoms with Crippen LogP contribution in [0.15, 0.2) is 4.99 Å². The molecular weight excluding hydrogens is 454 g/mol. The van der Waals surface area contributed by atoms with Crippen LogP contribution in [0.4, 0.5) is 0 Å². The number of nitrogens with two attached hydrogens (primary N) is 5. The van der Waals surface area contributed by atoms with Crippen LogP contribution in [-0.2, 0) is 28.8 Å². The molecule has 192 valence electrons. The van der Waals surface area contributed by atoms with Crippen LogP contribution < -0.4 is 44.6 Å². The summed E-state index contributed by atoms with van der Waals surface area (Å²) in [5.74, 6) is -5.29. The van der Waals surface area contributed by atoms with Crippen molar-refractivity contribution in [3.05, 3.63) is 0 Å². The molecule has 16 nitrogen and oxygen atoms in total. The van der Waals surface area contributed by atoms with Gasteiger partial charge < -0.3 is 49.7 Å². The molecule has 0 bridgehead atoms. The quantitative estimate of drug-likeness (QED) is 0.0534. The lowest BCUT2D eigenvalue weighted by Gasteiger charge is -2.24. The van der Waals surface area contributed by atoms with Crippen molar-refractivity contribution in [3.8, 4) is 0 Å². The van der Waals surface area contributed by atoms with Gasteiger partial charge in [-0.3, -0.25) is 33.8 Å². The molecule has 0 heterocycles. The molecule has 0 aliphatic heterocycles. The van der Waals surface area contributed by atoms with Crippen molar-refractivity contribution < 1.29 is 33.9 Å². The number of amides is 5. The van der Waals surface area contributed by atoms with Crippen molar-refractivity contribution in [2.24, 2.45) is 33.7 Å². The predicted molar refractivity (Wildman–Crippen MR) is 119 cm³/mol. The van der Waals surface area contributed by atoms with Crippen LogP contribution in [-0.4, -0.2) is 77.8 Å². The summed E-state index contributed by atoms with van der Waals surface area (Å²) in [6.07, 6.45) is -0.422. The van der Waals surface area contributed by atoms with E-state index in [1.807, 2.05) is 0 Å². The number of guanidine groups is 1. The van der Waals surface area contributed by atoms with Crippen molar-refractivity contribution in [1.29, 1.82) is 0 Å². The number of aliphatic carboxylic acids is 1. The van der Waals surface area contributed by atoms with Gasteiger partial charge in [-0.2, -0.15) is 0 Å². The maximum Gasteiger partial charge on any atom is 0.322 e. The van der Waals surface area contributed by atoms with E-state index in [-0.39, 0.29) is 51.0 Å². The number of carboxylic acid groups (broad SMARTS) is 1. The predicted octanol–water partition coefficient (Wildman–Crippen LogP) is -4.93. The highest BCUT2D eigenvalue weighted by Gasteiger charge is 2.28. The van der Waals surface area contributed by atoms with E-state index < -0.39 is 60.2 Å². The molecule has 34 heavy (non-hydrogen) atoms. The maximum absolute atomic E-state index is 12.8. The number of hydrogen-bond acceptors (Lipinski definition) is 8. The number of carboxylic acids is 1. The normalized spacial score (nSPS) is 13.0. The first-order chi connectivity index (χ1) is 15.8. The zero-order chi connectivity index (χ0) is 26.3. The Hall–Kier alpha value is -3.95. The fourth-order valence-electron chi connectivity index (χ4n) is 2.59. The van der Waals surface area contributed by atoms with Crippen LogP contribution in [0.5, 0.6) is 0 Å². The summed E-state index contributed by atoms with van der Waals surface area (Å²) >= 11 is 0. The van der Waals surface area contributed by atoms with E-state index in [0.29, 0.717) is 0 Å². The van der Waals surface area contributed by atoms with Crippen LogP contribution >= 0.6 is 0 Å². The van der Waals surface area contributed by atoms with Gasteiger partial charge in [0.1, 0.15) is 18.6 Å². The molecule has 0 aromatic heterocycles. The minimum Gasteiger partial charge on any atom is -0.480 e. The molecule has 0 aromatic rings. The molecular formula is C18H33N9O7. The maximum atomic E-state index is 12.8. The van der Waals surface area contributed by atoms with Crippen LogP contribution in [0.3, 0.4) is 0 Å². The zero-order valence-corrected chi connectivity index (χ0v) is 18.6. The summed E-state index contributed by atoms with van der Waals surface area (Å²) in [4.78, 5) is 74.1. The summed E-state index contributed by atoms with van der Waals surface area (Å²) in [5, 5.41) is 15.7. The van der Waals surface area contributed by atoms with E-state index in [1.54, 1.807) is 0 Å². The number of carbonyl (C=O) groups is 6. The van der Waals surface area contributed by atoms with Gasteiger partial charge in [0, 0.05) is 19.4 Å². The second-order valence-corrected chi connectivity index (χ2v) is 7.30. The summed E-state index contributed by atoms with van der Waals surface area (Å²) in [7, 11) is 0. The minimum atomic E-state index is -1.30. The Kier molecular flexibility index (Phi) is 14.0. The molecule has 5 amide bonds. The van der Waals surface area contributed by atoms with Crippen LogP contribution in [0.2, 0.25) is 0 Å². The molecule has 0 fully saturated rings. The molecule has 0 aromatic carbocycles. The van der Waals surface area contributed by atoms with Gasteiger partial charge in [-0.05, 0) is 25.7 Å². The third-order valence-corrected chi connectivity index (χ3v) is 4.34. The Morgan fingerprint density at radius 3 is 1.82 bits per heavy atom. The summed E-state index contributed by atoms with van der Waals surface area (Å²) < 4.78 is 0. The molecule has 0 rings (SSSR count). The van der Waals surface area contributed by atoms with Crippen LogP contribution in [0, 0.1) is 0 Å². The lowest BCUT2D eigenvalue weighted by Crippen LogP contribution is -2.56. The summed E-state index contributed by atoms with van der Waals surface area (Å²) in [6.45, 7) is -0.548. The van der Waals surface area contributed by atoms with E-state index in [1.165, 1.54) is 0 Å². The third kappa shape index (κ3) is 14.2. The Bertz CT molecular complexity index is 784. The lowest BCUT2D eigenvalue weighted by molar-refractivity contribution is -0.138. The highest BCUT2D eigenvalue weighted by Crippen LogP contribution is 2.04. The SMILES string of the molecule is NC(=O)CCC(N)C(=O)NC(CCC(N)=O)C(=O)NC(CCCN=C(N)N)C(=O)NCC(=O)O. The Morgan fingerprint density at radius 2 is 1.29 bits per heavy atom. The first-order valence-electron chi connectivity index (χ1n) is 10.3. The Balaban J connectivity index is 5.38. The van der Waals surface area contributed by atoms with E-state index in [9.17, 15) is 28.8 Å². The molecule has 0 saturated carbocycles. The lowest BCUT2D eigenvalue weighted by atomic mass is 10.1. The van der Waals surface area contributed by atoms with Gasteiger partial charge in [0.2, 0.25) is 29.5 Å². The smallest absolute Gasteiger partial charge is 0.322 e. The van der Waals surface area contributed by atoms with Gasteiger partial charge in [0.15, 0.2) is 5.96 Å². The first kappa shape index (κ1) is 30.0. The van der Waals surface area contributed by atoms with E-state index in [4.69, 9.17) is 33.8 Å². The van der Waals surface area contributed by atoms with Crippen LogP contribution in [0.25, 0.3) is 0 Å². The van der Waals surface area contributed by atoms with Crippen molar-refractivity contribution in [3.63, 3.8) is 0 Å². The van der Waals surface area contributed by atoms with Crippen molar-refractivity contribution in [2.45, 2.75) is 56.7 Å².